The van der Waals surface area contributed by atoms with Gasteiger partial charge in [-0.15, -0.1) is 0 Å². The van der Waals surface area contributed by atoms with Crippen molar-refractivity contribution >= 4 is 17.8 Å². The molecule has 0 aromatic carbocycles. The molecule has 0 unspecified atom stereocenters. The average molecular weight is 160 g/mol. The zero-order valence-electron chi connectivity index (χ0n) is 6.82. The lowest BCUT2D eigenvalue weighted by atomic mass is 10.2. The second-order valence-electron chi connectivity index (χ2n) is 2.23. The summed E-state index contributed by atoms with van der Waals surface area (Å²) in [5.41, 5.74) is 1.08. The van der Waals surface area contributed by atoms with Crippen molar-refractivity contribution in [2.24, 2.45) is 4.99 Å². The van der Waals surface area contributed by atoms with Crippen LogP contribution in [0.15, 0.2) is 15.6 Å². The maximum absolute atomic E-state index is 5.90. The maximum Gasteiger partial charge on any atom is 0.0277 e. The molecule has 1 nitrogen and oxygen atoms in total. The van der Waals surface area contributed by atoms with Gasteiger partial charge >= 0.3 is 0 Å². The Morgan fingerprint density at radius 2 is 2.20 bits per heavy atom. The minimum atomic E-state index is 0.924. The van der Waals surface area contributed by atoms with E-state index in [9.17, 15) is 0 Å². The quantitative estimate of drug-likeness (QED) is 0.562. The molecular formula is C8H14ClN. The molecule has 0 aromatic rings. The fraction of sp³-hybridized carbons (Fsp3) is 0.625. The predicted octanol–water partition coefficient (Wildman–Crippen LogP) is 3.00. The van der Waals surface area contributed by atoms with Crippen LogP contribution in [-0.2, 0) is 0 Å². The van der Waals surface area contributed by atoms with E-state index in [1.807, 2.05) is 6.92 Å². The van der Waals surface area contributed by atoms with Crippen molar-refractivity contribution in [3.05, 3.63) is 10.6 Å². The molecule has 0 N–H and O–H groups in total. The first-order valence-electron chi connectivity index (χ1n) is 3.49. The molecule has 0 aliphatic heterocycles. The summed E-state index contributed by atoms with van der Waals surface area (Å²) in [6.07, 6.45) is 3.84. The Balaban J connectivity index is 4.04. The van der Waals surface area contributed by atoms with Crippen LogP contribution in [0.1, 0.15) is 26.7 Å². The molecule has 0 fully saturated rings. The summed E-state index contributed by atoms with van der Waals surface area (Å²) >= 11 is 5.90. The van der Waals surface area contributed by atoms with Gasteiger partial charge in [0.25, 0.3) is 0 Å². The minimum absolute atomic E-state index is 0.924. The number of nitrogens with zero attached hydrogens (tertiary/aromatic N) is 1. The Labute approximate surface area is 67.8 Å². The third kappa shape index (κ3) is 3.67. The minimum Gasteiger partial charge on any atom is -0.296 e. The summed E-state index contributed by atoms with van der Waals surface area (Å²) in [4.78, 5) is 3.87. The zero-order valence-corrected chi connectivity index (χ0v) is 7.57. The monoisotopic (exact) mass is 159 g/mol. The molecule has 0 radical (unpaired) electrons. The summed E-state index contributed by atoms with van der Waals surface area (Å²) in [7, 11) is 1.75. The van der Waals surface area contributed by atoms with Gasteiger partial charge in [-0.1, -0.05) is 24.9 Å². The Bertz CT molecular complexity index is 147. The Morgan fingerprint density at radius 1 is 1.60 bits per heavy atom. The highest BCUT2D eigenvalue weighted by molar-refractivity contribution is 6.31. The summed E-state index contributed by atoms with van der Waals surface area (Å²) in [6, 6.07) is 0. The van der Waals surface area contributed by atoms with Gasteiger partial charge in [0, 0.05) is 18.3 Å². The van der Waals surface area contributed by atoms with Crippen LogP contribution in [0.25, 0.3) is 0 Å². The molecule has 0 aliphatic carbocycles. The molecular weight excluding hydrogens is 146 g/mol. The number of aliphatic imine (C=N–C) groups is 1. The van der Waals surface area contributed by atoms with Gasteiger partial charge < -0.3 is 0 Å². The van der Waals surface area contributed by atoms with E-state index in [4.69, 9.17) is 11.6 Å². The average Bonchev–Trinajstić information content (AvgIpc) is 1.89. The van der Waals surface area contributed by atoms with Crippen molar-refractivity contribution in [3.63, 3.8) is 0 Å². The van der Waals surface area contributed by atoms with E-state index < -0.39 is 0 Å². The van der Waals surface area contributed by atoms with Gasteiger partial charge in [0.15, 0.2) is 0 Å². The lowest BCUT2D eigenvalue weighted by Gasteiger charge is -1.96. The van der Waals surface area contributed by atoms with Gasteiger partial charge in [-0.2, -0.15) is 0 Å². The van der Waals surface area contributed by atoms with Gasteiger partial charge in [0.2, 0.25) is 0 Å². The van der Waals surface area contributed by atoms with Gasteiger partial charge in [-0.25, -0.2) is 0 Å². The van der Waals surface area contributed by atoms with Gasteiger partial charge in [-0.3, -0.25) is 4.99 Å². The third-order valence-electron chi connectivity index (χ3n) is 1.22. The smallest absolute Gasteiger partial charge is 0.0277 e. The van der Waals surface area contributed by atoms with Crippen molar-refractivity contribution < 1.29 is 0 Å². The van der Waals surface area contributed by atoms with Crippen molar-refractivity contribution in [1.29, 1.82) is 0 Å². The summed E-state index contributed by atoms with van der Waals surface area (Å²) < 4.78 is 0. The maximum atomic E-state index is 5.90. The summed E-state index contributed by atoms with van der Waals surface area (Å²) in [5, 5.41) is 0.924. The topological polar surface area (TPSA) is 12.4 Å². The highest BCUT2D eigenvalue weighted by Gasteiger charge is 1.93. The molecule has 0 aromatic heterocycles. The van der Waals surface area contributed by atoms with Crippen molar-refractivity contribution in [2.75, 3.05) is 7.05 Å². The number of rotatable bonds is 3. The highest BCUT2D eigenvalue weighted by Crippen LogP contribution is 2.13. The lowest BCUT2D eigenvalue weighted by molar-refractivity contribution is 0.939. The SMILES string of the molecule is CCC/C(Cl)=C(/C)C=NC. The molecule has 0 spiro atoms. The van der Waals surface area contributed by atoms with Gasteiger partial charge in [0.05, 0.1) is 0 Å². The number of hydrogen-bond donors (Lipinski definition) is 0. The molecule has 2 heteroatoms. The van der Waals surface area contributed by atoms with E-state index >= 15 is 0 Å². The van der Waals surface area contributed by atoms with Gasteiger partial charge in [0.1, 0.15) is 0 Å². The van der Waals surface area contributed by atoms with E-state index in [2.05, 4.69) is 11.9 Å². The first-order valence-corrected chi connectivity index (χ1v) is 3.87. The largest absolute Gasteiger partial charge is 0.296 e. The third-order valence-corrected chi connectivity index (χ3v) is 1.71. The second-order valence-corrected chi connectivity index (χ2v) is 2.68. The fourth-order valence-electron chi connectivity index (χ4n) is 0.680. The van der Waals surface area contributed by atoms with Crippen LogP contribution in [-0.4, -0.2) is 13.3 Å². The molecule has 0 aliphatic rings. The van der Waals surface area contributed by atoms with Crippen LogP contribution in [0.3, 0.4) is 0 Å². The van der Waals surface area contributed by atoms with Crippen molar-refractivity contribution in [3.8, 4) is 0 Å². The van der Waals surface area contributed by atoms with Crippen LogP contribution in [0.2, 0.25) is 0 Å². The first-order chi connectivity index (χ1) is 4.72. The molecule has 58 valence electrons. The highest BCUT2D eigenvalue weighted by atomic mass is 35.5. The Morgan fingerprint density at radius 3 is 2.60 bits per heavy atom. The van der Waals surface area contributed by atoms with Crippen LogP contribution in [0.5, 0.6) is 0 Å². The lowest BCUT2D eigenvalue weighted by Crippen LogP contribution is -1.82. The first kappa shape index (κ1) is 9.70. The van der Waals surface area contributed by atoms with Crippen LogP contribution in [0, 0.1) is 0 Å². The molecule has 0 rings (SSSR count). The molecule has 0 heterocycles. The molecule has 0 saturated carbocycles. The molecule has 0 bridgehead atoms. The summed E-state index contributed by atoms with van der Waals surface area (Å²) in [5.74, 6) is 0. The molecule has 0 amide bonds. The van der Waals surface area contributed by atoms with E-state index in [1.165, 1.54) is 0 Å². The molecule has 10 heavy (non-hydrogen) atoms. The van der Waals surface area contributed by atoms with Gasteiger partial charge in [-0.05, 0) is 18.9 Å². The fourth-order valence-corrected chi connectivity index (χ4v) is 0.918. The van der Waals surface area contributed by atoms with E-state index in [0.717, 1.165) is 23.4 Å². The number of allylic oxidation sites excluding steroid dienone is 2. The van der Waals surface area contributed by atoms with Crippen LogP contribution < -0.4 is 0 Å². The Hall–Kier alpha value is -0.300. The standard InChI is InChI=1S/C8H14ClN/c1-4-5-8(9)7(2)6-10-3/h6H,4-5H2,1-3H3/b8-7+,10-6?. The number of hydrogen-bond acceptors (Lipinski definition) is 1. The predicted molar refractivity (Wildman–Crippen MR) is 47.9 cm³/mol. The Kier molecular flexibility index (Phi) is 5.32. The normalized spacial score (nSPS) is 14.0. The molecule has 0 atom stereocenters. The van der Waals surface area contributed by atoms with E-state index in [1.54, 1.807) is 13.3 Å². The van der Waals surface area contributed by atoms with E-state index in [0.29, 0.717) is 0 Å². The number of halogens is 1. The van der Waals surface area contributed by atoms with Crippen molar-refractivity contribution in [1.82, 2.24) is 0 Å². The zero-order chi connectivity index (χ0) is 7.98. The van der Waals surface area contributed by atoms with Crippen LogP contribution in [0.4, 0.5) is 0 Å². The van der Waals surface area contributed by atoms with Crippen LogP contribution >= 0.6 is 11.6 Å². The second kappa shape index (κ2) is 5.48. The molecule has 0 saturated heterocycles. The van der Waals surface area contributed by atoms with Crippen molar-refractivity contribution in [2.45, 2.75) is 26.7 Å². The van der Waals surface area contributed by atoms with E-state index in [-0.39, 0.29) is 0 Å². The summed E-state index contributed by atoms with van der Waals surface area (Å²) in [6.45, 7) is 4.09.